The molecule has 1 saturated carbocycles. The molecule has 2 nitrogen and oxygen atoms in total. The lowest BCUT2D eigenvalue weighted by Gasteiger charge is -2.30. The van der Waals surface area contributed by atoms with Gasteiger partial charge in [-0.2, -0.15) is 0 Å². The summed E-state index contributed by atoms with van der Waals surface area (Å²) in [6, 6.07) is 0. The molecule has 0 aliphatic heterocycles. The van der Waals surface area contributed by atoms with Crippen molar-refractivity contribution in [3.05, 3.63) is 0 Å². The summed E-state index contributed by atoms with van der Waals surface area (Å²) in [5.41, 5.74) is 0. The van der Waals surface area contributed by atoms with Crippen LogP contribution in [0.15, 0.2) is 0 Å². The van der Waals surface area contributed by atoms with Crippen molar-refractivity contribution < 1.29 is 0 Å². The Morgan fingerprint density at radius 3 is 2.80 bits per heavy atom. The van der Waals surface area contributed by atoms with Gasteiger partial charge in [0, 0.05) is 6.54 Å². The molecule has 1 rings (SSSR count). The van der Waals surface area contributed by atoms with Gasteiger partial charge in [0.05, 0.1) is 0 Å². The van der Waals surface area contributed by atoms with Crippen molar-refractivity contribution in [1.29, 1.82) is 0 Å². The monoisotopic (exact) mass is 212 g/mol. The van der Waals surface area contributed by atoms with Crippen molar-refractivity contribution in [2.45, 2.75) is 39.0 Å². The second-order valence-corrected chi connectivity index (χ2v) is 5.36. The van der Waals surface area contributed by atoms with Crippen LogP contribution >= 0.6 is 0 Å². The lowest BCUT2D eigenvalue weighted by Crippen LogP contribution is -2.30. The molecule has 0 heterocycles. The number of nitrogens with zero attached hydrogens (tertiary/aromatic N) is 1. The average molecular weight is 212 g/mol. The minimum absolute atomic E-state index is 0.966. The molecule has 90 valence electrons. The third-order valence-corrected chi connectivity index (χ3v) is 3.58. The highest BCUT2D eigenvalue weighted by Gasteiger charge is 2.19. The standard InChI is InChI=1S/C13H28N2/c1-12-6-4-7-13(10-12)11-15(3)9-5-8-14-2/h12-14H,4-11H2,1-3H3. The van der Waals surface area contributed by atoms with Crippen molar-refractivity contribution in [3.63, 3.8) is 0 Å². The van der Waals surface area contributed by atoms with E-state index in [4.69, 9.17) is 0 Å². The number of nitrogens with one attached hydrogen (secondary N) is 1. The Morgan fingerprint density at radius 2 is 2.13 bits per heavy atom. The van der Waals surface area contributed by atoms with Gasteiger partial charge in [0.25, 0.3) is 0 Å². The molecular weight excluding hydrogens is 184 g/mol. The van der Waals surface area contributed by atoms with Gasteiger partial charge in [0.1, 0.15) is 0 Å². The van der Waals surface area contributed by atoms with E-state index in [2.05, 4.69) is 24.2 Å². The first kappa shape index (κ1) is 13.0. The molecule has 0 bridgehead atoms. The summed E-state index contributed by atoms with van der Waals surface area (Å²) in [5, 5.41) is 3.21. The van der Waals surface area contributed by atoms with Crippen molar-refractivity contribution in [3.8, 4) is 0 Å². The van der Waals surface area contributed by atoms with Crippen LogP contribution in [0.3, 0.4) is 0 Å². The van der Waals surface area contributed by atoms with Crippen molar-refractivity contribution >= 4 is 0 Å². The first-order valence-corrected chi connectivity index (χ1v) is 6.55. The molecule has 15 heavy (non-hydrogen) atoms. The molecule has 2 unspecified atom stereocenters. The van der Waals surface area contributed by atoms with Crippen molar-refractivity contribution in [1.82, 2.24) is 10.2 Å². The molecule has 2 atom stereocenters. The maximum Gasteiger partial charge on any atom is 0.000671 e. The quantitative estimate of drug-likeness (QED) is 0.680. The summed E-state index contributed by atoms with van der Waals surface area (Å²) in [6.45, 7) is 6.11. The Morgan fingerprint density at radius 1 is 1.33 bits per heavy atom. The van der Waals surface area contributed by atoms with E-state index >= 15 is 0 Å². The van der Waals surface area contributed by atoms with E-state index in [-0.39, 0.29) is 0 Å². The summed E-state index contributed by atoms with van der Waals surface area (Å²) < 4.78 is 0. The van der Waals surface area contributed by atoms with Crippen LogP contribution in [0.4, 0.5) is 0 Å². The fourth-order valence-electron chi connectivity index (χ4n) is 2.78. The van der Waals surface area contributed by atoms with Crippen LogP contribution in [0.2, 0.25) is 0 Å². The van der Waals surface area contributed by atoms with Crippen molar-refractivity contribution in [2.24, 2.45) is 11.8 Å². The van der Waals surface area contributed by atoms with Crippen LogP contribution in [0.5, 0.6) is 0 Å². The molecule has 0 aromatic heterocycles. The first-order valence-electron chi connectivity index (χ1n) is 6.55. The second kappa shape index (κ2) is 7.24. The predicted molar refractivity (Wildman–Crippen MR) is 67.2 cm³/mol. The Hall–Kier alpha value is -0.0800. The van der Waals surface area contributed by atoms with Gasteiger partial charge in [0.15, 0.2) is 0 Å². The molecule has 2 heteroatoms. The zero-order valence-corrected chi connectivity index (χ0v) is 10.8. The van der Waals surface area contributed by atoms with E-state index in [1.165, 1.54) is 45.2 Å². The summed E-state index contributed by atoms with van der Waals surface area (Å²) >= 11 is 0. The Bertz CT molecular complexity index is 159. The molecule has 0 aromatic rings. The van der Waals surface area contributed by atoms with Gasteiger partial charge in [-0.3, -0.25) is 0 Å². The molecule has 1 aliphatic carbocycles. The molecule has 1 N–H and O–H groups in total. The largest absolute Gasteiger partial charge is 0.320 e. The smallest absolute Gasteiger partial charge is 0.000671 e. The minimum atomic E-state index is 0.966. The van der Waals surface area contributed by atoms with E-state index in [1.54, 1.807) is 0 Å². The Balaban J connectivity index is 2.10. The molecule has 0 radical (unpaired) electrons. The molecule has 0 aromatic carbocycles. The van der Waals surface area contributed by atoms with Gasteiger partial charge in [0.2, 0.25) is 0 Å². The SMILES string of the molecule is CNCCCN(C)CC1CCCC(C)C1. The number of hydrogen-bond acceptors (Lipinski definition) is 2. The van der Waals surface area contributed by atoms with Crippen LogP contribution in [0.25, 0.3) is 0 Å². The first-order chi connectivity index (χ1) is 7.22. The third-order valence-electron chi connectivity index (χ3n) is 3.58. The van der Waals surface area contributed by atoms with Gasteiger partial charge < -0.3 is 10.2 Å². The Labute approximate surface area is 95.4 Å². The summed E-state index contributed by atoms with van der Waals surface area (Å²) in [4.78, 5) is 2.51. The normalized spacial score (nSPS) is 27.2. The van der Waals surface area contributed by atoms with Gasteiger partial charge >= 0.3 is 0 Å². The maximum absolute atomic E-state index is 3.21. The highest BCUT2D eigenvalue weighted by Crippen LogP contribution is 2.28. The fraction of sp³-hybridized carbons (Fsp3) is 1.00. The molecular formula is C13H28N2. The van der Waals surface area contributed by atoms with Crippen LogP contribution in [0, 0.1) is 11.8 Å². The summed E-state index contributed by atoms with van der Waals surface area (Å²) in [5.74, 6) is 1.93. The zero-order valence-electron chi connectivity index (χ0n) is 10.8. The zero-order chi connectivity index (χ0) is 11.1. The fourth-order valence-corrected chi connectivity index (χ4v) is 2.78. The third kappa shape index (κ3) is 5.53. The van der Waals surface area contributed by atoms with E-state index in [9.17, 15) is 0 Å². The number of hydrogen-bond donors (Lipinski definition) is 1. The molecule has 0 amide bonds. The Kier molecular flexibility index (Phi) is 6.26. The molecule has 0 saturated heterocycles. The van der Waals surface area contributed by atoms with Gasteiger partial charge in [-0.25, -0.2) is 0 Å². The van der Waals surface area contributed by atoms with Crippen molar-refractivity contribution in [2.75, 3.05) is 33.7 Å². The molecule has 1 fully saturated rings. The summed E-state index contributed by atoms with van der Waals surface area (Å²) in [7, 11) is 4.30. The van der Waals surface area contributed by atoms with Gasteiger partial charge in [-0.05, 0) is 58.3 Å². The highest BCUT2D eigenvalue weighted by molar-refractivity contribution is 4.72. The predicted octanol–water partition coefficient (Wildman–Crippen LogP) is 2.35. The van der Waals surface area contributed by atoms with Crippen LogP contribution in [0.1, 0.15) is 39.0 Å². The topological polar surface area (TPSA) is 15.3 Å². The van der Waals surface area contributed by atoms with E-state index in [1.807, 2.05) is 7.05 Å². The summed E-state index contributed by atoms with van der Waals surface area (Å²) in [6.07, 6.45) is 7.10. The molecule has 1 aliphatic rings. The van der Waals surface area contributed by atoms with Crippen LogP contribution in [-0.2, 0) is 0 Å². The number of rotatable bonds is 6. The van der Waals surface area contributed by atoms with Crippen LogP contribution < -0.4 is 5.32 Å². The van der Waals surface area contributed by atoms with E-state index < -0.39 is 0 Å². The van der Waals surface area contributed by atoms with E-state index in [0.29, 0.717) is 0 Å². The maximum atomic E-state index is 3.21. The lowest BCUT2D eigenvalue weighted by molar-refractivity contribution is 0.202. The highest BCUT2D eigenvalue weighted by atomic mass is 15.1. The minimum Gasteiger partial charge on any atom is -0.320 e. The second-order valence-electron chi connectivity index (χ2n) is 5.36. The van der Waals surface area contributed by atoms with Crippen LogP contribution in [-0.4, -0.2) is 38.6 Å². The lowest BCUT2D eigenvalue weighted by atomic mass is 9.82. The average Bonchev–Trinajstić information content (AvgIpc) is 2.18. The van der Waals surface area contributed by atoms with Gasteiger partial charge in [-0.1, -0.05) is 19.8 Å². The van der Waals surface area contributed by atoms with Gasteiger partial charge in [-0.15, -0.1) is 0 Å². The van der Waals surface area contributed by atoms with E-state index in [0.717, 1.165) is 18.4 Å². The molecule has 0 spiro atoms.